The standard InChI is InChI=1S/C25H37FN2O3/c1-5-21(10-8-14-26)24(20(4)30-6-2)22(31-7-3)11-9-15-28-16-12-25(13-17-28)18-23(29)27-19-25/h5,8,10-11,14H,1,6-7,9,12-13,15-19H2,2-4H3,(H,27,29)/b14-8+,21-10+,22-11+,24-20+. The molecule has 2 aliphatic heterocycles. The molecule has 0 aromatic carbocycles. The second-order valence-electron chi connectivity index (χ2n) is 8.09. The number of nitrogens with zero attached hydrogens (tertiary/aromatic N) is 1. The van der Waals surface area contributed by atoms with Gasteiger partial charge in [0, 0.05) is 19.5 Å². The van der Waals surface area contributed by atoms with Crippen molar-refractivity contribution < 1.29 is 18.7 Å². The number of nitrogens with one attached hydrogen (secondary N) is 1. The molecule has 0 saturated carbocycles. The summed E-state index contributed by atoms with van der Waals surface area (Å²) in [7, 11) is 0. The first-order chi connectivity index (χ1) is 15.0. The summed E-state index contributed by atoms with van der Waals surface area (Å²) < 4.78 is 24.3. The molecule has 6 heteroatoms. The maximum atomic E-state index is 12.6. The van der Waals surface area contributed by atoms with Crippen LogP contribution in [0.3, 0.4) is 0 Å². The number of halogens is 1. The van der Waals surface area contributed by atoms with Crippen LogP contribution in [0.1, 0.15) is 46.5 Å². The summed E-state index contributed by atoms with van der Waals surface area (Å²) >= 11 is 0. The molecule has 31 heavy (non-hydrogen) atoms. The predicted molar refractivity (Wildman–Crippen MR) is 123 cm³/mol. The van der Waals surface area contributed by atoms with Crippen LogP contribution in [0, 0.1) is 5.41 Å². The zero-order valence-electron chi connectivity index (χ0n) is 19.2. The van der Waals surface area contributed by atoms with Crippen LogP contribution in [0.25, 0.3) is 0 Å². The largest absolute Gasteiger partial charge is 0.498 e. The van der Waals surface area contributed by atoms with E-state index in [0.717, 1.165) is 68.1 Å². The second-order valence-corrected chi connectivity index (χ2v) is 8.09. The lowest BCUT2D eigenvalue weighted by Crippen LogP contribution is -2.41. The first-order valence-electron chi connectivity index (χ1n) is 11.2. The lowest BCUT2D eigenvalue weighted by atomic mass is 9.77. The zero-order chi connectivity index (χ0) is 22.7. The number of hydrogen-bond acceptors (Lipinski definition) is 4. The van der Waals surface area contributed by atoms with Crippen LogP contribution >= 0.6 is 0 Å². The molecular formula is C25H37FN2O3. The summed E-state index contributed by atoms with van der Waals surface area (Å²) in [5.41, 5.74) is 1.71. The molecule has 0 aromatic rings. The summed E-state index contributed by atoms with van der Waals surface area (Å²) in [5, 5.41) is 2.99. The van der Waals surface area contributed by atoms with E-state index in [1.807, 2.05) is 20.8 Å². The van der Waals surface area contributed by atoms with Gasteiger partial charge in [-0.15, -0.1) is 0 Å². The Morgan fingerprint density at radius 3 is 2.52 bits per heavy atom. The average molecular weight is 433 g/mol. The topological polar surface area (TPSA) is 50.8 Å². The highest BCUT2D eigenvalue weighted by Gasteiger charge is 2.40. The quantitative estimate of drug-likeness (QED) is 0.376. The van der Waals surface area contributed by atoms with Crippen LogP contribution < -0.4 is 5.32 Å². The number of carbonyl (C=O) groups is 1. The third-order valence-corrected chi connectivity index (χ3v) is 6.00. The smallest absolute Gasteiger partial charge is 0.220 e. The van der Waals surface area contributed by atoms with Gasteiger partial charge in [-0.25, -0.2) is 4.39 Å². The molecule has 2 aliphatic rings. The van der Waals surface area contributed by atoms with E-state index in [4.69, 9.17) is 9.47 Å². The predicted octanol–water partition coefficient (Wildman–Crippen LogP) is 4.81. The van der Waals surface area contributed by atoms with E-state index in [1.54, 1.807) is 12.2 Å². The van der Waals surface area contributed by atoms with Gasteiger partial charge in [-0.1, -0.05) is 18.7 Å². The fraction of sp³-hybridized carbons (Fsp3) is 0.560. The van der Waals surface area contributed by atoms with Gasteiger partial charge in [0.15, 0.2) is 0 Å². The lowest BCUT2D eigenvalue weighted by Gasteiger charge is -2.38. The molecule has 1 N–H and O–H groups in total. The number of amides is 1. The molecule has 0 aromatic heterocycles. The molecule has 0 atom stereocenters. The number of allylic oxidation sites excluding steroid dienone is 5. The van der Waals surface area contributed by atoms with Crippen molar-refractivity contribution in [3.8, 4) is 0 Å². The third kappa shape index (κ3) is 7.10. The highest BCUT2D eigenvalue weighted by Crippen LogP contribution is 2.37. The highest BCUT2D eigenvalue weighted by molar-refractivity contribution is 5.79. The van der Waals surface area contributed by atoms with Gasteiger partial charge < -0.3 is 19.7 Å². The first kappa shape index (κ1) is 24.9. The molecule has 0 aliphatic carbocycles. The molecular weight excluding hydrogens is 395 g/mol. The minimum atomic E-state index is 0.165. The fourth-order valence-electron chi connectivity index (χ4n) is 4.32. The molecule has 0 bridgehead atoms. The summed E-state index contributed by atoms with van der Waals surface area (Å²) in [4.78, 5) is 14.1. The molecule has 0 radical (unpaired) electrons. The fourth-order valence-corrected chi connectivity index (χ4v) is 4.32. The van der Waals surface area contributed by atoms with Gasteiger partial charge in [0.25, 0.3) is 0 Å². The van der Waals surface area contributed by atoms with Gasteiger partial charge in [-0.2, -0.15) is 0 Å². The Morgan fingerprint density at radius 2 is 1.97 bits per heavy atom. The van der Waals surface area contributed by atoms with Crippen molar-refractivity contribution in [1.82, 2.24) is 10.2 Å². The molecule has 1 spiro atoms. The van der Waals surface area contributed by atoms with Crippen LogP contribution in [-0.4, -0.2) is 50.2 Å². The van der Waals surface area contributed by atoms with E-state index in [2.05, 4.69) is 22.9 Å². The van der Waals surface area contributed by atoms with Crippen molar-refractivity contribution in [2.45, 2.75) is 46.5 Å². The number of ether oxygens (including phenoxy) is 2. The normalized spacial score (nSPS) is 20.7. The Morgan fingerprint density at radius 1 is 1.26 bits per heavy atom. The zero-order valence-corrected chi connectivity index (χ0v) is 19.2. The SMILES string of the molecule is C=CC(=C\C=C\F)/C(C(=C\CCN1CCC2(CC1)CNC(=O)C2)/OCC)=C(/C)OCC. The Hall–Kier alpha value is -2.34. The molecule has 2 rings (SSSR count). The van der Waals surface area contributed by atoms with Crippen LogP contribution in [0.5, 0.6) is 0 Å². The molecule has 2 heterocycles. The van der Waals surface area contributed by atoms with E-state index in [0.29, 0.717) is 26.0 Å². The number of carbonyl (C=O) groups excluding carboxylic acids is 1. The van der Waals surface area contributed by atoms with Gasteiger partial charge in [0.2, 0.25) is 5.91 Å². The molecule has 0 unspecified atom stereocenters. The Labute approximate surface area is 186 Å². The summed E-state index contributed by atoms with van der Waals surface area (Å²) in [6.45, 7) is 14.5. The molecule has 2 saturated heterocycles. The van der Waals surface area contributed by atoms with Crippen LogP contribution in [0.4, 0.5) is 4.39 Å². The Bertz CT molecular complexity index is 744. The monoisotopic (exact) mass is 432 g/mol. The Kier molecular flexibility index (Phi) is 10.0. The van der Waals surface area contributed by atoms with E-state index in [9.17, 15) is 9.18 Å². The van der Waals surface area contributed by atoms with E-state index >= 15 is 0 Å². The van der Waals surface area contributed by atoms with Gasteiger partial charge in [0.05, 0.1) is 25.1 Å². The third-order valence-electron chi connectivity index (χ3n) is 6.00. The van der Waals surface area contributed by atoms with E-state index < -0.39 is 0 Å². The number of piperidine rings is 1. The molecule has 2 fully saturated rings. The van der Waals surface area contributed by atoms with Crippen LogP contribution in [-0.2, 0) is 14.3 Å². The maximum absolute atomic E-state index is 12.6. The van der Waals surface area contributed by atoms with Crippen LogP contribution in [0.15, 0.2) is 59.9 Å². The van der Waals surface area contributed by atoms with Crippen molar-refractivity contribution >= 4 is 5.91 Å². The van der Waals surface area contributed by atoms with Crippen molar-refractivity contribution in [3.63, 3.8) is 0 Å². The summed E-state index contributed by atoms with van der Waals surface area (Å²) in [5.74, 6) is 1.64. The minimum absolute atomic E-state index is 0.165. The van der Waals surface area contributed by atoms with E-state index in [-0.39, 0.29) is 11.3 Å². The van der Waals surface area contributed by atoms with Crippen molar-refractivity contribution in [2.75, 3.05) is 39.4 Å². The van der Waals surface area contributed by atoms with E-state index in [1.165, 1.54) is 6.08 Å². The summed E-state index contributed by atoms with van der Waals surface area (Å²) in [6.07, 6.45) is 10.9. The number of hydrogen-bond donors (Lipinski definition) is 1. The lowest BCUT2D eigenvalue weighted by molar-refractivity contribution is -0.119. The van der Waals surface area contributed by atoms with Crippen LogP contribution in [0.2, 0.25) is 0 Å². The maximum Gasteiger partial charge on any atom is 0.220 e. The van der Waals surface area contributed by atoms with Gasteiger partial charge in [-0.3, -0.25) is 4.79 Å². The minimum Gasteiger partial charge on any atom is -0.498 e. The van der Waals surface area contributed by atoms with Gasteiger partial charge in [0.1, 0.15) is 11.5 Å². The molecule has 1 amide bonds. The van der Waals surface area contributed by atoms with Gasteiger partial charge >= 0.3 is 0 Å². The highest BCUT2D eigenvalue weighted by atomic mass is 19.1. The van der Waals surface area contributed by atoms with Crippen molar-refractivity contribution in [2.24, 2.45) is 5.41 Å². The number of rotatable bonds is 11. The van der Waals surface area contributed by atoms with Gasteiger partial charge in [-0.05, 0) is 76.3 Å². The molecule has 5 nitrogen and oxygen atoms in total. The molecule has 172 valence electrons. The first-order valence-corrected chi connectivity index (χ1v) is 11.2. The van der Waals surface area contributed by atoms with Crippen molar-refractivity contribution in [3.05, 3.63) is 59.9 Å². The number of likely N-dealkylation sites (tertiary alicyclic amines) is 1. The Balaban J connectivity index is 2.10. The second kappa shape index (κ2) is 12.5. The average Bonchev–Trinajstić information content (AvgIpc) is 3.12. The summed E-state index contributed by atoms with van der Waals surface area (Å²) in [6, 6.07) is 0. The van der Waals surface area contributed by atoms with Crippen molar-refractivity contribution in [1.29, 1.82) is 0 Å².